The molecule has 0 saturated carbocycles. The Morgan fingerprint density at radius 3 is 2.83 bits per heavy atom. The van der Waals surface area contributed by atoms with Gasteiger partial charge in [-0.25, -0.2) is 4.68 Å². The van der Waals surface area contributed by atoms with Gasteiger partial charge >= 0.3 is 0 Å². The van der Waals surface area contributed by atoms with Crippen molar-refractivity contribution in [3.63, 3.8) is 0 Å². The molecular formula is C26H28N4O5. The number of carbonyl (C=O) groups is 2. The molecule has 3 atom stereocenters. The highest BCUT2D eigenvalue weighted by Crippen LogP contribution is 2.42. The number of amides is 2. The van der Waals surface area contributed by atoms with Crippen LogP contribution in [0, 0.1) is 5.92 Å². The summed E-state index contributed by atoms with van der Waals surface area (Å²) in [6.45, 7) is 2.29. The van der Waals surface area contributed by atoms with Gasteiger partial charge in [-0.05, 0) is 43.2 Å². The van der Waals surface area contributed by atoms with Gasteiger partial charge in [0.15, 0.2) is 5.60 Å². The Morgan fingerprint density at radius 1 is 1.26 bits per heavy atom. The topological polar surface area (TPSA) is 128 Å². The number of rotatable bonds is 6. The lowest BCUT2D eigenvalue weighted by molar-refractivity contribution is -0.137. The first-order valence-corrected chi connectivity index (χ1v) is 11.8. The second-order valence-electron chi connectivity index (χ2n) is 9.24. The van der Waals surface area contributed by atoms with E-state index in [4.69, 9.17) is 0 Å². The number of likely N-dealkylation sites (tertiary alicyclic amines) is 1. The van der Waals surface area contributed by atoms with Crippen molar-refractivity contribution in [3.05, 3.63) is 70.5 Å². The number of nitrogens with zero attached hydrogens (tertiary/aromatic N) is 2. The van der Waals surface area contributed by atoms with Crippen LogP contribution in [0.25, 0.3) is 16.6 Å². The number of nitrogens with one attached hydrogen (secondary N) is 2. The maximum atomic E-state index is 12.9. The van der Waals surface area contributed by atoms with Crippen molar-refractivity contribution in [1.29, 1.82) is 0 Å². The molecule has 1 saturated heterocycles. The van der Waals surface area contributed by atoms with E-state index >= 15 is 0 Å². The molecule has 1 aromatic heterocycles. The van der Waals surface area contributed by atoms with Crippen molar-refractivity contribution >= 4 is 28.4 Å². The Kier molecular flexibility index (Phi) is 5.82. The average Bonchev–Trinajstić information content (AvgIpc) is 3.54. The number of anilines is 1. The van der Waals surface area contributed by atoms with Crippen LogP contribution in [-0.2, 0) is 15.2 Å². The fourth-order valence-corrected chi connectivity index (χ4v) is 5.11. The molecule has 2 amide bonds. The Morgan fingerprint density at radius 2 is 2.06 bits per heavy atom. The first kappa shape index (κ1) is 23.1. The fourth-order valence-electron chi connectivity index (χ4n) is 5.11. The number of carbonyl (C=O) groups excluding carboxylic acids is 2. The maximum absolute atomic E-state index is 12.9. The first-order chi connectivity index (χ1) is 16.8. The summed E-state index contributed by atoms with van der Waals surface area (Å²) in [7, 11) is 0. The number of aromatic nitrogens is 2. The van der Waals surface area contributed by atoms with Crippen LogP contribution < -0.4 is 10.9 Å². The summed E-state index contributed by atoms with van der Waals surface area (Å²) in [6, 6.07) is 12.0. The number of para-hydroxylation sites is 1. The van der Waals surface area contributed by atoms with Crippen LogP contribution in [0.2, 0.25) is 0 Å². The Hall–Kier alpha value is -3.69. The minimum Gasteiger partial charge on any atom is -0.394 e. The van der Waals surface area contributed by atoms with Crippen molar-refractivity contribution in [2.24, 2.45) is 5.92 Å². The van der Waals surface area contributed by atoms with Crippen molar-refractivity contribution in [2.45, 2.75) is 37.8 Å². The third-order valence-electron chi connectivity index (χ3n) is 7.14. The molecule has 0 bridgehead atoms. The van der Waals surface area contributed by atoms with Crippen LogP contribution >= 0.6 is 0 Å². The number of aromatic amines is 1. The van der Waals surface area contributed by atoms with E-state index in [0.29, 0.717) is 34.4 Å². The second-order valence-corrected chi connectivity index (χ2v) is 9.24. The monoisotopic (exact) mass is 476 g/mol. The number of benzene rings is 2. The highest BCUT2D eigenvalue weighted by Gasteiger charge is 2.48. The quantitative estimate of drug-likeness (QED) is 0.405. The van der Waals surface area contributed by atoms with Gasteiger partial charge in [0.2, 0.25) is 5.91 Å². The highest BCUT2D eigenvalue weighted by molar-refractivity contribution is 6.05. The van der Waals surface area contributed by atoms with Crippen molar-refractivity contribution < 1.29 is 19.8 Å². The van der Waals surface area contributed by atoms with Crippen molar-refractivity contribution in [2.75, 3.05) is 18.5 Å². The summed E-state index contributed by atoms with van der Waals surface area (Å²) in [6.07, 6.45) is 5.11. The molecule has 3 heterocycles. The fraction of sp³-hybridized carbons (Fsp3) is 0.346. The van der Waals surface area contributed by atoms with Gasteiger partial charge in [0, 0.05) is 30.1 Å². The van der Waals surface area contributed by atoms with Crippen LogP contribution in [0.15, 0.2) is 59.4 Å². The van der Waals surface area contributed by atoms with E-state index < -0.39 is 17.4 Å². The summed E-state index contributed by atoms with van der Waals surface area (Å²) < 4.78 is 1.39. The summed E-state index contributed by atoms with van der Waals surface area (Å²) in [5.74, 6) is -1.29. The molecule has 5 rings (SSSR count). The van der Waals surface area contributed by atoms with E-state index in [1.54, 1.807) is 60.4 Å². The molecule has 2 aliphatic heterocycles. The number of aliphatic hydroxyl groups excluding tert-OH is 1. The molecule has 1 fully saturated rings. The van der Waals surface area contributed by atoms with Crippen LogP contribution in [0.5, 0.6) is 0 Å². The third kappa shape index (κ3) is 3.77. The lowest BCUT2D eigenvalue weighted by Gasteiger charge is -2.26. The summed E-state index contributed by atoms with van der Waals surface area (Å²) >= 11 is 0. The molecule has 3 aromatic rings. The molecule has 0 radical (unpaired) electrons. The molecule has 9 nitrogen and oxygen atoms in total. The minimum absolute atomic E-state index is 0.0512. The average molecular weight is 477 g/mol. The first-order valence-electron chi connectivity index (χ1n) is 11.8. The normalized spacial score (nSPS) is 22.7. The molecule has 9 heteroatoms. The molecule has 0 unspecified atom stereocenters. The molecule has 2 aromatic carbocycles. The lowest BCUT2D eigenvalue weighted by atomic mass is 9.82. The number of fused-ring (bicyclic) bond motifs is 2. The van der Waals surface area contributed by atoms with E-state index in [1.807, 2.05) is 6.07 Å². The largest absolute Gasteiger partial charge is 0.394 e. The number of hydrogen-bond donors (Lipinski definition) is 4. The van der Waals surface area contributed by atoms with E-state index in [2.05, 4.69) is 10.4 Å². The number of hydrogen-bond acceptors (Lipinski definition) is 5. The summed E-state index contributed by atoms with van der Waals surface area (Å²) in [5, 5.41) is 27.3. The predicted molar refractivity (Wildman–Crippen MR) is 131 cm³/mol. The van der Waals surface area contributed by atoms with Crippen LogP contribution in [0.1, 0.15) is 31.7 Å². The van der Waals surface area contributed by atoms with Crippen LogP contribution in [0.4, 0.5) is 5.69 Å². The Labute approximate surface area is 201 Å². The van der Waals surface area contributed by atoms with E-state index in [-0.39, 0.29) is 30.5 Å². The van der Waals surface area contributed by atoms with Crippen LogP contribution in [0.3, 0.4) is 0 Å². The van der Waals surface area contributed by atoms with E-state index in [0.717, 1.165) is 12.8 Å². The zero-order valence-corrected chi connectivity index (χ0v) is 19.4. The SMILES string of the molecule is C[C@@H](/C=C/CC(=O)N1CCC[C@H]1CO)[C@]1(O)C(=O)Nc2ccc(-n3[nH]c4ccccc4c3=O)cc21. The molecule has 4 N–H and O–H groups in total. The zero-order chi connectivity index (χ0) is 24.7. The molecule has 35 heavy (non-hydrogen) atoms. The van der Waals surface area contributed by atoms with Crippen molar-refractivity contribution in [1.82, 2.24) is 14.7 Å². The van der Waals surface area contributed by atoms with Gasteiger partial charge in [-0.1, -0.05) is 31.2 Å². The minimum atomic E-state index is -1.86. The van der Waals surface area contributed by atoms with Gasteiger partial charge in [-0.15, -0.1) is 0 Å². The molecule has 0 spiro atoms. The highest BCUT2D eigenvalue weighted by atomic mass is 16.3. The lowest BCUT2D eigenvalue weighted by Crippen LogP contribution is -2.40. The second kappa shape index (κ2) is 8.83. The molecular weight excluding hydrogens is 448 g/mol. The smallest absolute Gasteiger partial charge is 0.279 e. The molecule has 2 aliphatic rings. The van der Waals surface area contributed by atoms with E-state index in [9.17, 15) is 24.6 Å². The van der Waals surface area contributed by atoms with Gasteiger partial charge in [0.25, 0.3) is 11.5 Å². The maximum Gasteiger partial charge on any atom is 0.279 e. The molecule has 0 aliphatic carbocycles. The van der Waals surface area contributed by atoms with Crippen LogP contribution in [-0.4, -0.2) is 55.9 Å². The van der Waals surface area contributed by atoms with Crippen molar-refractivity contribution in [3.8, 4) is 5.69 Å². The number of aliphatic hydroxyl groups is 2. The zero-order valence-electron chi connectivity index (χ0n) is 19.4. The standard InChI is InChI=1S/C26H28N4O5/c1-16(6-4-10-23(32)29-13-5-7-18(29)15-31)26(35)20-14-17(11-12-22(20)27-25(26)34)30-24(33)19-8-2-3-9-21(19)28-30/h2-4,6,8-9,11-12,14,16,18,28,31,35H,5,7,10,13,15H2,1H3,(H,27,34)/b6-4+/t16-,18-,26+/m0/s1. The van der Waals surface area contributed by atoms with Gasteiger partial charge < -0.3 is 20.4 Å². The predicted octanol–water partition coefficient (Wildman–Crippen LogP) is 2.02. The van der Waals surface area contributed by atoms with Gasteiger partial charge in [-0.2, -0.15) is 0 Å². The molecule has 182 valence electrons. The van der Waals surface area contributed by atoms with Gasteiger partial charge in [0.05, 0.1) is 29.2 Å². The number of H-pyrrole nitrogens is 1. The van der Waals surface area contributed by atoms with Gasteiger partial charge in [-0.3, -0.25) is 19.5 Å². The van der Waals surface area contributed by atoms with E-state index in [1.165, 1.54) is 4.68 Å². The third-order valence-corrected chi connectivity index (χ3v) is 7.14. The summed E-state index contributed by atoms with van der Waals surface area (Å²) in [5.41, 5.74) is -0.0588. The Bertz CT molecular complexity index is 1390. The summed E-state index contributed by atoms with van der Waals surface area (Å²) in [4.78, 5) is 40.0. The van der Waals surface area contributed by atoms with Gasteiger partial charge in [0.1, 0.15) is 0 Å². The Balaban J connectivity index is 1.41.